The molecule has 1 aromatic rings. The van der Waals surface area contributed by atoms with E-state index >= 15 is 0 Å². The molecule has 0 aliphatic carbocycles. The van der Waals surface area contributed by atoms with Crippen LogP contribution in [0.2, 0.25) is 0 Å². The molecule has 0 radical (unpaired) electrons. The Bertz CT molecular complexity index is 284. The number of carbonyl (C=O) groups is 1. The van der Waals surface area contributed by atoms with Crippen molar-refractivity contribution in [1.82, 2.24) is 0 Å². The largest absolute Gasteiger partial charge is 0.293 e. The maximum Gasteiger partial charge on any atom is 0.270 e. The topological polar surface area (TPSA) is 41.5 Å². The fourth-order valence-corrected chi connectivity index (χ4v) is 0.657. The Morgan fingerprint density at radius 1 is 1.42 bits per heavy atom. The number of rotatable bonds is 3. The van der Waals surface area contributed by atoms with E-state index in [9.17, 15) is 9.18 Å². The second-order valence-corrected chi connectivity index (χ2v) is 2.03. The van der Waals surface area contributed by atoms with Crippen molar-refractivity contribution in [2.75, 3.05) is 5.43 Å². The molecule has 0 spiro atoms. The first-order valence-corrected chi connectivity index (χ1v) is 3.32. The van der Waals surface area contributed by atoms with Crippen molar-refractivity contribution in [3.63, 3.8) is 0 Å². The van der Waals surface area contributed by atoms with Gasteiger partial charge in [-0.2, -0.15) is 4.39 Å². The molecule has 0 aliphatic rings. The van der Waals surface area contributed by atoms with Crippen LogP contribution < -0.4 is 5.43 Å². The Hall–Kier alpha value is -1.71. The van der Waals surface area contributed by atoms with Crippen LogP contribution in [-0.4, -0.2) is 12.3 Å². The van der Waals surface area contributed by atoms with E-state index in [1.54, 1.807) is 24.3 Å². The molecule has 62 valence electrons. The van der Waals surface area contributed by atoms with Gasteiger partial charge in [-0.25, -0.2) is 0 Å². The van der Waals surface area contributed by atoms with Crippen LogP contribution in [0.1, 0.15) is 0 Å². The van der Waals surface area contributed by atoms with E-state index in [-0.39, 0.29) is 6.29 Å². The molecular weight excluding hydrogens is 159 g/mol. The molecule has 0 aliphatic heterocycles. The van der Waals surface area contributed by atoms with Gasteiger partial charge >= 0.3 is 0 Å². The summed E-state index contributed by atoms with van der Waals surface area (Å²) in [6, 6.07) is 8.79. The van der Waals surface area contributed by atoms with Gasteiger partial charge in [0.25, 0.3) is 5.97 Å². The Morgan fingerprint density at radius 3 is 2.67 bits per heavy atom. The number of aldehydes is 1. The minimum atomic E-state index is -1.07. The fourth-order valence-electron chi connectivity index (χ4n) is 0.657. The number of hydrogen-bond acceptors (Lipinski definition) is 3. The van der Waals surface area contributed by atoms with Crippen molar-refractivity contribution in [3.05, 3.63) is 30.3 Å². The summed E-state index contributed by atoms with van der Waals surface area (Å²) in [7, 11) is 0. The lowest BCUT2D eigenvalue weighted by molar-refractivity contribution is -0.103. The van der Waals surface area contributed by atoms with Gasteiger partial charge in [0.05, 0.1) is 5.69 Å². The average Bonchev–Trinajstić information content (AvgIpc) is 2.16. The Balaban J connectivity index is 2.60. The summed E-state index contributed by atoms with van der Waals surface area (Å²) in [5.74, 6) is -1.07. The van der Waals surface area contributed by atoms with E-state index in [4.69, 9.17) is 0 Å². The molecule has 12 heavy (non-hydrogen) atoms. The highest BCUT2D eigenvalue weighted by Gasteiger charge is 1.90. The minimum absolute atomic E-state index is 0.0376. The summed E-state index contributed by atoms with van der Waals surface area (Å²) in [6.45, 7) is 0. The average molecular weight is 166 g/mol. The van der Waals surface area contributed by atoms with Crippen LogP contribution in [0, 0.1) is 0 Å². The summed E-state index contributed by atoms with van der Waals surface area (Å²) < 4.78 is 12.1. The van der Waals surface area contributed by atoms with Gasteiger partial charge in [0, 0.05) is 0 Å². The molecule has 0 aromatic heterocycles. The zero-order valence-electron chi connectivity index (χ0n) is 6.20. The Labute approximate surface area is 68.9 Å². The smallest absolute Gasteiger partial charge is 0.270 e. The monoisotopic (exact) mass is 166 g/mol. The number of para-hydroxylation sites is 1. The lowest BCUT2D eigenvalue weighted by atomic mass is 10.3. The molecule has 0 amide bonds. The number of carbonyl (C=O) groups excluding carboxylic acids is 1. The quantitative estimate of drug-likeness (QED) is 0.420. The maximum atomic E-state index is 12.1. The van der Waals surface area contributed by atoms with E-state index in [1.807, 2.05) is 6.07 Å². The van der Waals surface area contributed by atoms with Crippen molar-refractivity contribution >= 4 is 17.9 Å². The second kappa shape index (κ2) is 4.23. The van der Waals surface area contributed by atoms with Gasteiger partial charge in [-0.1, -0.05) is 18.2 Å². The first kappa shape index (κ1) is 8.39. The first-order chi connectivity index (χ1) is 5.83. The number of hydrogen-bond donors (Lipinski definition) is 1. The standard InChI is InChI=1S/C8H7FN2O/c9-8(6-12)11-10-7-4-2-1-3-5-7/h1-6,10H. The molecule has 0 fully saturated rings. The van der Waals surface area contributed by atoms with Gasteiger partial charge in [-0.15, -0.1) is 5.10 Å². The number of benzene rings is 1. The van der Waals surface area contributed by atoms with Gasteiger partial charge < -0.3 is 0 Å². The van der Waals surface area contributed by atoms with E-state index in [0.717, 1.165) is 0 Å². The van der Waals surface area contributed by atoms with Gasteiger partial charge in [-0.3, -0.25) is 10.2 Å². The zero-order valence-corrected chi connectivity index (χ0v) is 6.20. The molecule has 1 N–H and O–H groups in total. The molecule has 0 bridgehead atoms. The Morgan fingerprint density at radius 2 is 2.08 bits per heavy atom. The third kappa shape index (κ3) is 2.49. The van der Waals surface area contributed by atoms with Gasteiger partial charge in [0.2, 0.25) is 0 Å². The summed E-state index contributed by atoms with van der Waals surface area (Å²) in [5.41, 5.74) is 3.01. The number of nitrogens with zero attached hydrogens (tertiary/aromatic N) is 1. The summed E-state index contributed by atoms with van der Waals surface area (Å²) in [4.78, 5) is 9.78. The lowest BCUT2D eigenvalue weighted by Gasteiger charge is -1.96. The van der Waals surface area contributed by atoms with Crippen molar-refractivity contribution in [2.24, 2.45) is 5.10 Å². The van der Waals surface area contributed by atoms with Crippen LogP contribution in [0.3, 0.4) is 0 Å². The van der Waals surface area contributed by atoms with Crippen molar-refractivity contribution < 1.29 is 9.18 Å². The molecule has 0 unspecified atom stereocenters. The third-order valence-corrected chi connectivity index (χ3v) is 1.16. The Kier molecular flexibility index (Phi) is 2.95. The highest BCUT2D eigenvalue weighted by atomic mass is 19.1. The first-order valence-electron chi connectivity index (χ1n) is 3.32. The number of hydrazone groups is 1. The van der Waals surface area contributed by atoms with Crippen LogP contribution in [0.15, 0.2) is 35.4 Å². The van der Waals surface area contributed by atoms with Crippen LogP contribution in [-0.2, 0) is 4.79 Å². The van der Waals surface area contributed by atoms with Crippen LogP contribution in [0.25, 0.3) is 0 Å². The highest BCUT2D eigenvalue weighted by Crippen LogP contribution is 2.04. The maximum absolute atomic E-state index is 12.1. The summed E-state index contributed by atoms with van der Waals surface area (Å²) in [6.07, 6.45) is 0.0376. The van der Waals surface area contributed by atoms with Crippen LogP contribution in [0.4, 0.5) is 10.1 Å². The fraction of sp³-hybridized carbons (Fsp3) is 0. The van der Waals surface area contributed by atoms with Gasteiger partial charge in [-0.05, 0) is 12.1 Å². The van der Waals surface area contributed by atoms with E-state index < -0.39 is 5.97 Å². The molecule has 0 saturated heterocycles. The molecular formula is C8H7FN2O. The molecule has 4 heteroatoms. The number of nitrogens with one attached hydrogen (secondary N) is 1. The van der Waals surface area contributed by atoms with Gasteiger partial charge in [0.1, 0.15) is 0 Å². The van der Waals surface area contributed by atoms with E-state index in [2.05, 4.69) is 10.5 Å². The van der Waals surface area contributed by atoms with Gasteiger partial charge in [0.15, 0.2) is 6.29 Å². The summed E-state index contributed by atoms with van der Waals surface area (Å²) in [5, 5.41) is 3.14. The third-order valence-electron chi connectivity index (χ3n) is 1.16. The van der Waals surface area contributed by atoms with Crippen LogP contribution >= 0.6 is 0 Å². The predicted octanol–water partition coefficient (Wildman–Crippen LogP) is 1.58. The SMILES string of the molecule is O=CC(F)=NNc1ccccc1. The molecule has 0 atom stereocenters. The zero-order chi connectivity index (χ0) is 8.81. The van der Waals surface area contributed by atoms with Crippen molar-refractivity contribution in [3.8, 4) is 0 Å². The highest BCUT2D eigenvalue weighted by molar-refractivity contribution is 6.23. The van der Waals surface area contributed by atoms with E-state index in [0.29, 0.717) is 5.69 Å². The predicted molar refractivity (Wildman–Crippen MR) is 44.7 cm³/mol. The van der Waals surface area contributed by atoms with Crippen molar-refractivity contribution in [2.45, 2.75) is 0 Å². The second-order valence-electron chi connectivity index (χ2n) is 2.03. The molecule has 1 aromatic carbocycles. The molecule has 0 saturated carbocycles. The van der Waals surface area contributed by atoms with Crippen LogP contribution in [0.5, 0.6) is 0 Å². The summed E-state index contributed by atoms with van der Waals surface area (Å²) >= 11 is 0. The minimum Gasteiger partial charge on any atom is -0.293 e. The molecule has 1 rings (SSSR count). The number of halogens is 1. The lowest BCUT2D eigenvalue weighted by Crippen LogP contribution is -1.96. The normalized spacial score (nSPS) is 10.9. The number of anilines is 1. The van der Waals surface area contributed by atoms with Crippen molar-refractivity contribution in [1.29, 1.82) is 0 Å². The molecule has 0 heterocycles. The molecule has 3 nitrogen and oxygen atoms in total. The van der Waals surface area contributed by atoms with E-state index in [1.165, 1.54) is 0 Å².